The van der Waals surface area contributed by atoms with Gasteiger partial charge in [0.2, 0.25) is 11.8 Å². The number of likely N-dealkylation sites (tertiary alicyclic amines) is 1. The van der Waals surface area contributed by atoms with E-state index in [1.165, 1.54) is 5.56 Å². The Morgan fingerprint density at radius 1 is 0.949 bits per heavy atom. The summed E-state index contributed by atoms with van der Waals surface area (Å²) in [6.45, 7) is 6.62. The molecule has 5 aromatic rings. The van der Waals surface area contributed by atoms with Crippen molar-refractivity contribution in [3.8, 4) is 23.0 Å². The monoisotopic (exact) mass is 798 g/mol. The number of aromatic nitrogens is 3. The van der Waals surface area contributed by atoms with E-state index in [1.54, 1.807) is 23.2 Å². The second-order valence-corrected chi connectivity index (χ2v) is 16.7. The standard InChI is InChI=1S/C45H47FN8O5/c1-2-25-4-3-5-28-19-32(55)20-34(38(25)28)40-39(46)41-35(21-47-40)42(53-23-30-7-8-31(24-53)48-30)51-45(50-41)59-17-16-52-14-12-26(13-15-52)27-6-9-33-29(18-27)22-54(44(33)58)36-10-11-37(56)49-43(36)57/h3-6,9,18-21,26,30-31,36,48,55H,2,7-8,10-17,22-24H2,1H3,(H,49,56,57). The predicted molar refractivity (Wildman–Crippen MR) is 220 cm³/mol. The van der Waals surface area contributed by atoms with Gasteiger partial charge in [-0.15, -0.1) is 0 Å². The van der Waals surface area contributed by atoms with Gasteiger partial charge in [-0.2, -0.15) is 9.97 Å². The molecule has 0 aliphatic carbocycles. The largest absolute Gasteiger partial charge is 0.508 e. The van der Waals surface area contributed by atoms with Crippen molar-refractivity contribution in [3.05, 3.63) is 82.8 Å². The van der Waals surface area contributed by atoms with Crippen LogP contribution in [0.15, 0.2) is 54.7 Å². The molecule has 59 heavy (non-hydrogen) atoms. The molecule has 0 spiro atoms. The lowest BCUT2D eigenvalue weighted by Crippen LogP contribution is -2.52. The molecule has 13 nitrogen and oxygen atoms in total. The molecule has 3 N–H and O–H groups in total. The fourth-order valence-corrected chi connectivity index (χ4v) is 10.1. The SMILES string of the molecule is CCc1cccc2cc(O)cc(-c3ncc4c(N5CC6CCC(C5)N6)nc(OCCN5CCC(c6ccc7c(c6)CN(C6CCC(=O)NC6=O)C7=O)CC5)nc4c3F)c12. The molecule has 7 heterocycles. The number of carbonyl (C=O) groups is 3. The molecule has 10 rings (SSSR count). The molecule has 304 valence electrons. The van der Waals surface area contributed by atoms with Crippen molar-refractivity contribution in [2.24, 2.45) is 0 Å². The van der Waals surface area contributed by atoms with Crippen molar-refractivity contribution in [3.63, 3.8) is 0 Å². The molecule has 4 saturated heterocycles. The third kappa shape index (κ3) is 6.91. The van der Waals surface area contributed by atoms with Gasteiger partial charge in [0, 0.05) is 62.0 Å². The molecule has 0 radical (unpaired) electrons. The Morgan fingerprint density at radius 3 is 2.54 bits per heavy atom. The number of pyridine rings is 1. The van der Waals surface area contributed by atoms with Crippen LogP contribution in [-0.2, 0) is 22.6 Å². The maximum absolute atomic E-state index is 17.0. The smallest absolute Gasteiger partial charge is 0.319 e. The first-order valence-electron chi connectivity index (χ1n) is 21.0. The molecule has 14 heteroatoms. The van der Waals surface area contributed by atoms with Crippen LogP contribution in [0.1, 0.15) is 78.4 Å². The van der Waals surface area contributed by atoms with Crippen LogP contribution < -0.4 is 20.3 Å². The average Bonchev–Trinajstić information content (AvgIpc) is 3.76. The third-order valence-corrected chi connectivity index (χ3v) is 13.1. The number of aromatic hydroxyl groups is 1. The van der Waals surface area contributed by atoms with Gasteiger partial charge in [0.05, 0.1) is 5.39 Å². The molecule has 0 saturated carbocycles. The summed E-state index contributed by atoms with van der Waals surface area (Å²) >= 11 is 0. The zero-order chi connectivity index (χ0) is 40.4. The first-order valence-corrected chi connectivity index (χ1v) is 21.0. The highest BCUT2D eigenvalue weighted by Gasteiger charge is 2.40. The maximum Gasteiger partial charge on any atom is 0.319 e. The van der Waals surface area contributed by atoms with E-state index in [-0.39, 0.29) is 41.2 Å². The molecule has 2 bridgehead atoms. The average molecular weight is 799 g/mol. The lowest BCUT2D eigenvalue weighted by molar-refractivity contribution is -0.136. The minimum Gasteiger partial charge on any atom is -0.508 e. The van der Waals surface area contributed by atoms with Gasteiger partial charge in [-0.05, 0) is 103 Å². The number of nitrogens with zero attached hydrogens (tertiary/aromatic N) is 6. The van der Waals surface area contributed by atoms with E-state index in [2.05, 4.69) is 43.4 Å². The molecule has 3 unspecified atom stereocenters. The van der Waals surface area contributed by atoms with E-state index >= 15 is 4.39 Å². The van der Waals surface area contributed by atoms with Gasteiger partial charge < -0.3 is 25.0 Å². The number of phenolic OH excluding ortho intramolecular Hbond substituents is 1. The molecule has 4 fully saturated rings. The van der Waals surface area contributed by atoms with Crippen LogP contribution in [0.5, 0.6) is 11.8 Å². The van der Waals surface area contributed by atoms with E-state index in [1.807, 2.05) is 30.3 Å². The van der Waals surface area contributed by atoms with Crippen molar-refractivity contribution in [1.82, 2.24) is 35.4 Å². The number of piperidine rings is 2. The van der Waals surface area contributed by atoms with Crippen molar-refractivity contribution in [1.29, 1.82) is 0 Å². The maximum atomic E-state index is 17.0. The first-order chi connectivity index (χ1) is 28.7. The van der Waals surface area contributed by atoms with Crippen molar-refractivity contribution in [2.45, 2.75) is 82.5 Å². The summed E-state index contributed by atoms with van der Waals surface area (Å²) in [6.07, 6.45) is 7.03. The minimum atomic E-state index is -0.627. The van der Waals surface area contributed by atoms with Gasteiger partial charge in [-0.3, -0.25) is 29.6 Å². The Morgan fingerprint density at radius 2 is 1.76 bits per heavy atom. The second-order valence-electron chi connectivity index (χ2n) is 16.7. The zero-order valence-electron chi connectivity index (χ0n) is 33.0. The van der Waals surface area contributed by atoms with Gasteiger partial charge in [-0.25, -0.2) is 4.39 Å². The number of benzene rings is 3. The van der Waals surface area contributed by atoms with E-state index in [9.17, 15) is 19.5 Å². The highest BCUT2D eigenvalue weighted by molar-refractivity contribution is 6.05. The number of hydrogen-bond donors (Lipinski definition) is 3. The van der Waals surface area contributed by atoms with Crippen molar-refractivity contribution >= 4 is 45.2 Å². The quantitative estimate of drug-likeness (QED) is 0.169. The van der Waals surface area contributed by atoms with E-state index < -0.39 is 17.8 Å². The van der Waals surface area contributed by atoms with Gasteiger partial charge in [0.15, 0.2) is 5.82 Å². The van der Waals surface area contributed by atoms with E-state index in [0.717, 1.165) is 80.2 Å². The number of rotatable bonds is 9. The summed E-state index contributed by atoms with van der Waals surface area (Å²) in [5, 5.41) is 18.9. The van der Waals surface area contributed by atoms with Crippen LogP contribution in [0.25, 0.3) is 32.9 Å². The molecule has 5 aliphatic rings. The molecule has 3 aromatic carbocycles. The summed E-state index contributed by atoms with van der Waals surface area (Å²) in [5.41, 5.74) is 4.57. The Kier molecular flexibility index (Phi) is 9.63. The number of ether oxygens (including phenoxy) is 1. The van der Waals surface area contributed by atoms with E-state index in [4.69, 9.17) is 9.72 Å². The fraction of sp³-hybridized carbons (Fsp3) is 0.422. The second kappa shape index (κ2) is 15.1. The fourth-order valence-electron chi connectivity index (χ4n) is 10.1. The first kappa shape index (κ1) is 37.5. The molecule has 3 amide bonds. The Hall–Kier alpha value is -5.73. The van der Waals surface area contributed by atoms with Crippen LogP contribution in [0, 0.1) is 5.82 Å². The lowest BCUT2D eigenvalue weighted by atomic mass is 9.88. The van der Waals surface area contributed by atoms with Crippen LogP contribution in [-0.4, -0.2) is 105 Å². The Balaban J connectivity index is 0.853. The number of anilines is 1. The summed E-state index contributed by atoms with van der Waals surface area (Å²) in [7, 11) is 0. The third-order valence-electron chi connectivity index (χ3n) is 13.1. The van der Waals surface area contributed by atoms with E-state index in [0.29, 0.717) is 66.4 Å². The number of carbonyl (C=O) groups excluding carboxylic acids is 3. The van der Waals surface area contributed by atoms with Crippen LogP contribution in [0.3, 0.4) is 0 Å². The van der Waals surface area contributed by atoms with Crippen molar-refractivity contribution < 1.29 is 28.6 Å². The molecular weight excluding hydrogens is 752 g/mol. The molecule has 5 aliphatic heterocycles. The predicted octanol–water partition coefficient (Wildman–Crippen LogP) is 5.21. The molecule has 3 atom stereocenters. The lowest BCUT2D eigenvalue weighted by Gasteiger charge is -2.34. The Bertz CT molecular complexity index is 2510. The molecular formula is C45H47FN8O5. The summed E-state index contributed by atoms with van der Waals surface area (Å²) in [5.74, 6) is -0.438. The zero-order valence-corrected chi connectivity index (χ0v) is 33.0. The number of phenols is 1. The minimum absolute atomic E-state index is 0.0388. The van der Waals surface area contributed by atoms with Crippen molar-refractivity contribution in [2.75, 3.05) is 44.2 Å². The number of aryl methyl sites for hydroxylation is 1. The topological polar surface area (TPSA) is 153 Å². The highest BCUT2D eigenvalue weighted by Crippen LogP contribution is 2.39. The van der Waals surface area contributed by atoms with Crippen LogP contribution in [0.4, 0.5) is 10.2 Å². The normalized spacial score (nSPS) is 22.4. The summed E-state index contributed by atoms with van der Waals surface area (Å²) in [4.78, 5) is 57.8. The molecule has 2 aromatic heterocycles. The number of amides is 3. The number of imide groups is 1. The number of nitrogens with one attached hydrogen (secondary N) is 2. The number of piperazine rings is 1. The number of hydrogen-bond acceptors (Lipinski definition) is 11. The number of fused-ring (bicyclic) bond motifs is 5. The van der Waals surface area contributed by atoms with Gasteiger partial charge in [0.1, 0.15) is 35.4 Å². The number of halogens is 1. The van der Waals surface area contributed by atoms with Gasteiger partial charge >= 0.3 is 6.01 Å². The summed E-state index contributed by atoms with van der Waals surface area (Å²) in [6, 6.07) is 15.4. The van der Waals surface area contributed by atoms with Crippen LogP contribution >= 0.6 is 0 Å². The summed E-state index contributed by atoms with van der Waals surface area (Å²) < 4.78 is 23.3. The van der Waals surface area contributed by atoms with Crippen LogP contribution in [0.2, 0.25) is 0 Å². The Labute approximate surface area is 341 Å². The van der Waals surface area contributed by atoms with Gasteiger partial charge in [0.25, 0.3) is 5.91 Å². The van der Waals surface area contributed by atoms with Gasteiger partial charge in [-0.1, -0.05) is 37.3 Å². The highest BCUT2D eigenvalue weighted by atomic mass is 19.1.